The van der Waals surface area contributed by atoms with E-state index in [0.29, 0.717) is 6.04 Å². The summed E-state index contributed by atoms with van der Waals surface area (Å²) in [6.07, 6.45) is 8.00. The van der Waals surface area contributed by atoms with Crippen molar-refractivity contribution in [2.24, 2.45) is 11.8 Å². The van der Waals surface area contributed by atoms with E-state index in [9.17, 15) is 0 Å². The van der Waals surface area contributed by atoms with Crippen molar-refractivity contribution in [3.05, 3.63) is 0 Å². The van der Waals surface area contributed by atoms with Gasteiger partial charge in [-0.25, -0.2) is 0 Å². The molecule has 1 aliphatic heterocycles. The van der Waals surface area contributed by atoms with Crippen LogP contribution in [-0.4, -0.2) is 50.3 Å². The maximum Gasteiger partial charge on any atom is 0.0777 e. The summed E-state index contributed by atoms with van der Waals surface area (Å²) in [7, 11) is 4.01. The van der Waals surface area contributed by atoms with Gasteiger partial charge in [-0.05, 0) is 64.5 Å². The van der Waals surface area contributed by atoms with Gasteiger partial charge >= 0.3 is 0 Å². The number of hydrogen-bond acceptors (Lipinski definition) is 3. The predicted molar refractivity (Wildman–Crippen MR) is 85.1 cm³/mol. The Morgan fingerprint density at radius 3 is 2.80 bits per heavy atom. The van der Waals surface area contributed by atoms with Crippen LogP contribution in [0.3, 0.4) is 0 Å². The van der Waals surface area contributed by atoms with E-state index in [0.717, 1.165) is 18.4 Å². The number of nitrogens with zero attached hydrogens (tertiary/aromatic N) is 1. The first kappa shape index (κ1) is 16.3. The number of hydrogen-bond donors (Lipinski definition) is 1. The first-order valence-corrected chi connectivity index (χ1v) is 8.55. The van der Waals surface area contributed by atoms with Gasteiger partial charge in [0.25, 0.3) is 0 Å². The molecular weight excluding hydrogens is 248 g/mol. The van der Waals surface area contributed by atoms with Crippen LogP contribution in [0.5, 0.6) is 0 Å². The number of ether oxygens (including phenoxy) is 1. The topological polar surface area (TPSA) is 24.5 Å². The van der Waals surface area contributed by atoms with E-state index in [2.05, 4.69) is 31.1 Å². The fourth-order valence-electron chi connectivity index (χ4n) is 4.28. The van der Waals surface area contributed by atoms with E-state index in [1.807, 2.05) is 7.11 Å². The molecule has 2 fully saturated rings. The zero-order valence-corrected chi connectivity index (χ0v) is 14.0. The van der Waals surface area contributed by atoms with Crippen molar-refractivity contribution in [2.75, 3.05) is 33.8 Å². The largest absolute Gasteiger partial charge is 0.377 e. The molecule has 0 aromatic rings. The summed E-state index contributed by atoms with van der Waals surface area (Å²) < 4.78 is 5.74. The van der Waals surface area contributed by atoms with Crippen molar-refractivity contribution >= 4 is 0 Å². The number of piperidine rings is 1. The van der Waals surface area contributed by atoms with Crippen molar-refractivity contribution in [1.29, 1.82) is 0 Å². The van der Waals surface area contributed by atoms with E-state index in [1.165, 1.54) is 51.6 Å². The summed E-state index contributed by atoms with van der Waals surface area (Å²) in [6.45, 7) is 8.23. The molecule has 0 spiro atoms. The molecule has 0 amide bonds. The molecule has 1 aliphatic carbocycles. The molecular formula is C17H34N2O. The van der Waals surface area contributed by atoms with Gasteiger partial charge in [0.1, 0.15) is 0 Å². The number of likely N-dealkylation sites (tertiary alicyclic amines) is 1. The van der Waals surface area contributed by atoms with Gasteiger partial charge in [0, 0.05) is 26.2 Å². The van der Waals surface area contributed by atoms with Crippen molar-refractivity contribution in [3.8, 4) is 0 Å². The molecule has 2 aliphatic rings. The second kappa shape index (κ2) is 7.24. The Balaban J connectivity index is 1.92. The number of methoxy groups -OCH3 is 1. The summed E-state index contributed by atoms with van der Waals surface area (Å²) in [5.74, 6) is 1.76. The highest BCUT2D eigenvalue weighted by Gasteiger charge is 2.35. The fourth-order valence-corrected chi connectivity index (χ4v) is 4.28. The Kier molecular flexibility index (Phi) is 5.88. The van der Waals surface area contributed by atoms with Crippen molar-refractivity contribution in [1.82, 2.24) is 10.2 Å². The van der Waals surface area contributed by atoms with E-state index in [-0.39, 0.29) is 5.60 Å². The van der Waals surface area contributed by atoms with Crippen LogP contribution in [0.2, 0.25) is 0 Å². The third-order valence-corrected chi connectivity index (χ3v) is 5.76. The molecule has 1 saturated carbocycles. The van der Waals surface area contributed by atoms with Gasteiger partial charge in [0.15, 0.2) is 0 Å². The summed E-state index contributed by atoms with van der Waals surface area (Å²) in [4.78, 5) is 2.65. The molecule has 3 nitrogen and oxygen atoms in total. The monoisotopic (exact) mass is 282 g/mol. The van der Waals surface area contributed by atoms with Crippen LogP contribution in [0, 0.1) is 11.8 Å². The van der Waals surface area contributed by atoms with Crippen molar-refractivity contribution < 1.29 is 4.74 Å². The summed E-state index contributed by atoms with van der Waals surface area (Å²) in [5.41, 5.74) is 0.0756. The highest BCUT2D eigenvalue weighted by atomic mass is 16.5. The van der Waals surface area contributed by atoms with Crippen molar-refractivity contribution in [3.63, 3.8) is 0 Å². The van der Waals surface area contributed by atoms with Crippen LogP contribution in [0.4, 0.5) is 0 Å². The predicted octanol–water partition coefficient (Wildman–Crippen LogP) is 2.90. The van der Waals surface area contributed by atoms with E-state index in [1.54, 1.807) is 0 Å². The molecule has 0 aromatic heterocycles. The van der Waals surface area contributed by atoms with Gasteiger partial charge in [-0.15, -0.1) is 0 Å². The molecule has 0 bridgehead atoms. The normalized spacial score (nSPS) is 39.9. The Morgan fingerprint density at radius 2 is 2.15 bits per heavy atom. The lowest BCUT2D eigenvalue weighted by atomic mass is 9.76. The van der Waals surface area contributed by atoms with Gasteiger partial charge in [-0.1, -0.05) is 13.3 Å². The van der Waals surface area contributed by atoms with Crippen LogP contribution in [-0.2, 0) is 4.74 Å². The van der Waals surface area contributed by atoms with Gasteiger partial charge in [0.2, 0.25) is 0 Å². The van der Waals surface area contributed by atoms with Crippen LogP contribution in [0.15, 0.2) is 0 Å². The standard InChI is InChI=1S/C17H34N2O/c1-5-14-7-8-16(18-3)15(11-14)12-19-10-6-9-17(2,13-19)20-4/h14-16,18H,5-13H2,1-4H3. The maximum atomic E-state index is 5.74. The van der Waals surface area contributed by atoms with Crippen LogP contribution < -0.4 is 5.32 Å². The maximum absolute atomic E-state index is 5.74. The summed E-state index contributed by atoms with van der Waals surface area (Å²) >= 11 is 0. The number of rotatable bonds is 5. The molecule has 2 rings (SSSR count). The van der Waals surface area contributed by atoms with Gasteiger partial charge in [-0.3, -0.25) is 0 Å². The highest BCUT2D eigenvalue weighted by molar-refractivity contribution is 4.90. The Labute approximate surface area is 125 Å². The SMILES string of the molecule is CCC1CCC(NC)C(CN2CCCC(C)(OC)C2)C1. The highest BCUT2D eigenvalue weighted by Crippen LogP contribution is 2.33. The minimum atomic E-state index is 0.0756. The second-order valence-electron chi connectivity index (χ2n) is 7.24. The zero-order chi connectivity index (χ0) is 14.6. The number of nitrogens with one attached hydrogen (secondary N) is 1. The zero-order valence-electron chi connectivity index (χ0n) is 14.0. The van der Waals surface area contributed by atoms with Crippen LogP contribution >= 0.6 is 0 Å². The van der Waals surface area contributed by atoms with E-state index < -0.39 is 0 Å². The lowest BCUT2D eigenvalue weighted by Gasteiger charge is -2.43. The fraction of sp³-hybridized carbons (Fsp3) is 1.00. The van der Waals surface area contributed by atoms with Gasteiger partial charge in [-0.2, -0.15) is 0 Å². The average molecular weight is 282 g/mol. The van der Waals surface area contributed by atoms with Crippen molar-refractivity contribution in [2.45, 2.75) is 64.0 Å². The molecule has 4 unspecified atom stereocenters. The van der Waals surface area contributed by atoms with E-state index >= 15 is 0 Å². The second-order valence-corrected chi connectivity index (χ2v) is 7.24. The minimum Gasteiger partial charge on any atom is -0.377 e. The van der Waals surface area contributed by atoms with Gasteiger partial charge in [0.05, 0.1) is 5.60 Å². The minimum absolute atomic E-state index is 0.0756. The lowest BCUT2D eigenvalue weighted by molar-refractivity contribution is -0.0563. The molecule has 0 aromatic carbocycles. The molecule has 118 valence electrons. The third-order valence-electron chi connectivity index (χ3n) is 5.76. The molecule has 1 saturated heterocycles. The Bertz CT molecular complexity index is 297. The quantitative estimate of drug-likeness (QED) is 0.839. The smallest absolute Gasteiger partial charge is 0.0777 e. The average Bonchev–Trinajstić information content (AvgIpc) is 2.47. The Hall–Kier alpha value is -0.120. The summed E-state index contributed by atoms with van der Waals surface area (Å²) in [6, 6.07) is 0.716. The molecule has 20 heavy (non-hydrogen) atoms. The lowest BCUT2D eigenvalue weighted by Crippen LogP contribution is -2.51. The van der Waals surface area contributed by atoms with Crippen LogP contribution in [0.1, 0.15) is 52.4 Å². The first-order chi connectivity index (χ1) is 9.60. The first-order valence-electron chi connectivity index (χ1n) is 8.55. The summed E-state index contributed by atoms with van der Waals surface area (Å²) in [5, 5.41) is 3.57. The third kappa shape index (κ3) is 3.96. The molecule has 0 radical (unpaired) electrons. The molecule has 1 N–H and O–H groups in total. The van der Waals surface area contributed by atoms with E-state index in [4.69, 9.17) is 4.74 Å². The molecule has 3 heteroatoms. The molecule has 1 heterocycles. The van der Waals surface area contributed by atoms with Crippen LogP contribution in [0.25, 0.3) is 0 Å². The van der Waals surface area contributed by atoms with Gasteiger partial charge < -0.3 is 15.0 Å². The molecule has 4 atom stereocenters. The Morgan fingerprint density at radius 1 is 1.35 bits per heavy atom.